The number of sulfonamides is 1. The number of rotatable bonds is 7. The van der Waals surface area contributed by atoms with E-state index in [0.29, 0.717) is 43.5 Å². The van der Waals surface area contributed by atoms with E-state index in [1.807, 2.05) is 4.90 Å². The molecule has 0 spiro atoms. The third kappa shape index (κ3) is 5.29. The number of hydrogen-bond acceptors (Lipinski definition) is 7. The van der Waals surface area contributed by atoms with Crippen LogP contribution in [-0.2, 0) is 21.4 Å². The number of piperidine rings is 2. The van der Waals surface area contributed by atoms with Crippen LogP contribution >= 0.6 is 0 Å². The number of aromatic amines is 1. The Morgan fingerprint density at radius 2 is 1.74 bits per heavy atom. The van der Waals surface area contributed by atoms with Crippen molar-refractivity contribution in [3.05, 3.63) is 46.2 Å². The van der Waals surface area contributed by atoms with Gasteiger partial charge < -0.3 is 14.6 Å². The lowest BCUT2D eigenvalue weighted by Gasteiger charge is -2.31. The van der Waals surface area contributed by atoms with Crippen molar-refractivity contribution in [3.8, 4) is 0 Å². The minimum atomic E-state index is -3.61. The Labute approximate surface area is 227 Å². The molecule has 2 N–H and O–H groups in total. The van der Waals surface area contributed by atoms with Crippen molar-refractivity contribution < 1.29 is 17.6 Å². The normalized spacial score (nSPS) is 20.3. The Morgan fingerprint density at radius 3 is 2.49 bits per heavy atom. The summed E-state index contributed by atoms with van der Waals surface area (Å²) in [5.41, 5.74) is 3.04. The molecule has 210 valence electrons. The van der Waals surface area contributed by atoms with Gasteiger partial charge in [-0.3, -0.25) is 14.5 Å². The zero-order valence-corrected chi connectivity index (χ0v) is 22.9. The minimum Gasteiger partial charge on any atom is -0.408 e. The Bertz CT molecular complexity index is 1490. The average Bonchev–Trinajstić information content (AvgIpc) is 3.73. The lowest BCUT2D eigenvalue weighted by Crippen LogP contribution is -2.38. The van der Waals surface area contributed by atoms with Crippen LogP contribution < -0.4 is 11.1 Å². The molecule has 1 amide bonds. The molecule has 0 saturated carbocycles. The van der Waals surface area contributed by atoms with Gasteiger partial charge in [-0.25, -0.2) is 13.2 Å². The van der Waals surface area contributed by atoms with Gasteiger partial charge in [0.25, 0.3) is 0 Å². The van der Waals surface area contributed by atoms with Gasteiger partial charge in [0.2, 0.25) is 15.9 Å². The first kappa shape index (κ1) is 26.3. The molecule has 39 heavy (non-hydrogen) atoms. The number of likely N-dealkylation sites (tertiary alicyclic amines) is 1. The number of carbonyl (C=O) groups excluding carboxylic acids is 1. The van der Waals surface area contributed by atoms with Gasteiger partial charge in [0, 0.05) is 62.7 Å². The number of aromatic nitrogens is 3. The summed E-state index contributed by atoms with van der Waals surface area (Å²) in [6.45, 7) is 4.61. The second-order valence-corrected chi connectivity index (χ2v) is 12.9. The molecule has 3 aliphatic rings. The molecule has 0 unspecified atom stereocenters. The summed E-state index contributed by atoms with van der Waals surface area (Å²) in [5.74, 6) is 0.295. The summed E-state index contributed by atoms with van der Waals surface area (Å²) in [6, 6.07) is 6.75. The van der Waals surface area contributed by atoms with Crippen molar-refractivity contribution in [2.75, 3.05) is 39.3 Å². The fourth-order valence-electron chi connectivity index (χ4n) is 6.19. The largest absolute Gasteiger partial charge is 0.419 e. The number of benzene rings is 1. The topological polar surface area (TPSA) is 134 Å². The quantitative estimate of drug-likeness (QED) is 0.456. The molecule has 0 aliphatic carbocycles. The lowest BCUT2D eigenvalue weighted by atomic mass is 9.90. The predicted molar refractivity (Wildman–Crippen MR) is 145 cm³/mol. The predicted octanol–water partition coefficient (Wildman–Crippen LogP) is 2.37. The fourth-order valence-corrected chi connectivity index (χ4v) is 7.72. The van der Waals surface area contributed by atoms with Crippen LogP contribution in [0, 0.1) is 0 Å². The number of oxazole rings is 1. The van der Waals surface area contributed by atoms with Crippen molar-refractivity contribution in [3.63, 3.8) is 0 Å². The lowest BCUT2D eigenvalue weighted by molar-refractivity contribution is -0.132. The molecule has 0 bridgehead atoms. The molecule has 3 fully saturated rings. The molecular weight excluding hydrogens is 520 g/mol. The third-order valence-electron chi connectivity index (χ3n) is 8.55. The van der Waals surface area contributed by atoms with Crippen LogP contribution in [0.2, 0.25) is 0 Å². The number of aryl methyl sites for hydroxylation is 1. The summed E-state index contributed by atoms with van der Waals surface area (Å²) in [6.07, 6.45) is 5.86. The summed E-state index contributed by atoms with van der Waals surface area (Å²) in [4.78, 5) is 27.5. The summed E-state index contributed by atoms with van der Waals surface area (Å²) < 4.78 is 34.0. The van der Waals surface area contributed by atoms with E-state index in [0.717, 1.165) is 63.0 Å². The molecule has 0 atom stereocenters. The maximum absolute atomic E-state index is 13.0. The Kier molecular flexibility index (Phi) is 7.34. The zero-order valence-electron chi connectivity index (χ0n) is 22.1. The number of amides is 1. The van der Waals surface area contributed by atoms with E-state index in [4.69, 9.17) is 4.42 Å². The van der Waals surface area contributed by atoms with Gasteiger partial charge in [0.05, 0.1) is 16.1 Å². The van der Waals surface area contributed by atoms with Crippen LogP contribution in [0.15, 0.2) is 38.4 Å². The molecule has 1 aromatic carbocycles. The van der Waals surface area contributed by atoms with Gasteiger partial charge in [-0.2, -0.15) is 9.40 Å². The standard InChI is InChI=1S/C27H36N6O5S/c34-26(31-14-7-20(8-15-31)23-18-22(29-30-23)19-5-10-28-11-6-19)9-16-33-24-4-3-21(17-25(24)38-27(33)35)39(36,37)32-12-1-2-13-32/h3-4,17-20,28H,1-2,5-16H2,(H,29,30). The number of hydrogen-bond donors (Lipinski definition) is 2. The fraction of sp³-hybridized carbons (Fsp3) is 0.593. The molecule has 12 heteroatoms. The molecule has 11 nitrogen and oxygen atoms in total. The highest BCUT2D eigenvalue weighted by Gasteiger charge is 2.29. The maximum Gasteiger partial charge on any atom is 0.419 e. The summed E-state index contributed by atoms with van der Waals surface area (Å²) in [5, 5.41) is 11.2. The van der Waals surface area contributed by atoms with E-state index in [1.54, 1.807) is 6.07 Å². The van der Waals surface area contributed by atoms with Crippen LogP contribution in [0.25, 0.3) is 11.1 Å². The van der Waals surface area contributed by atoms with Gasteiger partial charge in [-0.15, -0.1) is 0 Å². The van der Waals surface area contributed by atoms with Gasteiger partial charge in [-0.1, -0.05) is 0 Å². The molecular formula is C27H36N6O5S. The van der Waals surface area contributed by atoms with Gasteiger partial charge in [0.15, 0.2) is 5.58 Å². The van der Waals surface area contributed by atoms with Gasteiger partial charge in [0.1, 0.15) is 0 Å². The first-order valence-electron chi connectivity index (χ1n) is 14.1. The highest BCUT2D eigenvalue weighted by Crippen LogP contribution is 2.31. The SMILES string of the molecule is O=C(CCn1c(=O)oc2cc(S(=O)(=O)N3CCCC3)ccc21)N1CCC(c2cc(C3CCNCC3)n[nH]2)CC1. The molecule has 5 heterocycles. The van der Waals surface area contributed by atoms with E-state index in [-0.39, 0.29) is 29.4 Å². The highest BCUT2D eigenvalue weighted by atomic mass is 32.2. The van der Waals surface area contributed by atoms with Crippen molar-refractivity contribution >= 4 is 27.0 Å². The van der Waals surface area contributed by atoms with E-state index < -0.39 is 15.8 Å². The second kappa shape index (κ2) is 10.9. The number of fused-ring (bicyclic) bond motifs is 1. The van der Waals surface area contributed by atoms with Crippen molar-refractivity contribution in [1.29, 1.82) is 0 Å². The smallest absolute Gasteiger partial charge is 0.408 e. The van der Waals surface area contributed by atoms with Crippen LogP contribution in [0.3, 0.4) is 0 Å². The highest BCUT2D eigenvalue weighted by molar-refractivity contribution is 7.89. The molecule has 0 radical (unpaired) electrons. The molecule has 2 aromatic heterocycles. The zero-order chi connectivity index (χ0) is 27.0. The van der Waals surface area contributed by atoms with Crippen LogP contribution in [0.5, 0.6) is 0 Å². The first-order valence-corrected chi connectivity index (χ1v) is 15.5. The van der Waals surface area contributed by atoms with Crippen molar-refractivity contribution in [2.24, 2.45) is 0 Å². The Hall–Kier alpha value is -2.96. The monoisotopic (exact) mass is 556 g/mol. The van der Waals surface area contributed by atoms with E-state index in [9.17, 15) is 18.0 Å². The van der Waals surface area contributed by atoms with Gasteiger partial charge in [-0.05, 0) is 69.8 Å². The van der Waals surface area contributed by atoms with Crippen LogP contribution in [0.4, 0.5) is 0 Å². The second-order valence-electron chi connectivity index (χ2n) is 10.9. The molecule has 6 rings (SSSR count). The van der Waals surface area contributed by atoms with E-state index in [1.165, 1.54) is 21.0 Å². The average molecular weight is 557 g/mol. The summed E-state index contributed by atoms with van der Waals surface area (Å²) in [7, 11) is -3.61. The number of H-pyrrole nitrogens is 1. The number of nitrogens with one attached hydrogen (secondary N) is 2. The van der Waals surface area contributed by atoms with E-state index >= 15 is 0 Å². The Morgan fingerprint density at radius 1 is 1.00 bits per heavy atom. The molecule has 3 aromatic rings. The molecule has 3 saturated heterocycles. The third-order valence-corrected chi connectivity index (χ3v) is 10.4. The summed E-state index contributed by atoms with van der Waals surface area (Å²) >= 11 is 0. The minimum absolute atomic E-state index is 0.00272. The van der Waals surface area contributed by atoms with Crippen LogP contribution in [-0.4, -0.2) is 77.6 Å². The number of carbonyl (C=O) groups is 1. The van der Waals surface area contributed by atoms with Crippen LogP contribution in [0.1, 0.15) is 68.2 Å². The number of nitrogens with zero attached hydrogens (tertiary/aromatic N) is 4. The van der Waals surface area contributed by atoms with Crippen molar-refractivity contribution in [1.82, 2.24) is 29.3 Å². The Balaban J connectivity index is 1.05. The van der Waals surface area contributed by atoms with Crippen molar-refractivity contribution in [2.45, 2.75) is 68.2 Å². The maximum atomic E-state index is 13.0. The van der Waals surface area contributed by atoms with Gasteiger partial charge >= 0.3 is 5.76 Å². The molecule has 3 aliphatic heterocycles. The van der Waals surface area contributed by atoms with E-state index in [2.05, 4.69) is 21.6 Å². The first-order chi connectivity index (χ1) is 18.9.